The van der Waals surface area contributed by atoms with Crippen LogP contribution in [0, 0.1) is 6.92 Å². The van der Waals surface area contributed by atoms with Gasteiger partial charge < -0.3 is 9.80 Å². The van der Waals surface area contributed by atoms with Gasteiger partial charge in [0.15, 0.2) is 11.3 Å². The quantitative estimate of drug-likeness (QED) is 0.849. The Morgan fingerprint density at radius 2 is 1.94 bits per heavy atom. The van der Waals surface area contributed by atoms with Crippen LogP contribution >= 0.6 is 0 Å². The number of rotatable bonds is 2. The highest BCUT2D eigenvalue weighted by Crippen LogP contribution is 2.23. The van der Waals surface area contributed by atoms with Crippen LogP contribution in [0.25, 0.3) is 11.0 Å². The molecule has 0 saturated carbocycles. The molecule has 0 amide bonds. The second kappa shape index (κ2) is 4.53. The van der Waals surface area contributed by atoms with E-state index >= 15 is 0 Å². The molecule has 1 fully saturated rings. The highest BCUT2D eigenvalue weighted by atomic mass is 15.3. The third kappa shape index (κ3) is 1.82. The van der Waals surface area contributed by atoms with Gasteiger partial charge in [-0.15, -0.1) is 0 Å². The average molecular weight is 246 g/mol. The van der Waals surface area contributed by atoms with Crippen molar-refractivity contribution in [2.45, 2.75) is 13.8 Å². The van der Waals surface area contributed by atoms with Crippen LogP contribution in [0.15, 0.2) is 6.33 Å². The van der Waals surface area contributed by atoms with E-state index in [2.05, 4.69) is 36.9 Å². The fourth-order valence-electron chi connectivity index (χ4n) is 2.45. The second-order valence-electron chi connectivity index (χ2n) is 4.66. The van der Waals surface area contributed by atoms with E-state index in [0.29, 0.717) is 0 Å². The Kier molecular flexibility index (Phi) is 2.87. The molecule has 0 unspecified atom stereocenters. The molecule has 1 N–H and O–H groups in total. The van der Waals surface area contributed by atoms with Gasteiger partial charge in [-0.2, -0.15) is 5.10 Å². The Hall–Kier alpha value is -1.69. The van der Waals surface area contributed by atoms with Crippen LogP contribution in [0.4, 0.5) is 5.82 Å². The summed E-state index contributed by atoms with van der Waals surface area (Å²) >= 11 is 0. The first-order valence-electron chi connectivity index (χ1n) is 6.42. The molecule has 1 saturated heterocycles. The van der Waals surface area contributed by atoms with Crippen LogP contribution in [-0.2, 0) is 0 Å². The lowest BCUT2D eigenvalue weighted by Crippen LogP contribution is -2.46. The van der Waals surface area contributed by atoms with Crippen LogP contribution in [-0.4, -0.2) is 57.8 Å². The number of H-pyrrole nitrogens is 1. The van der Waals surface area contributed by atoms with E-state index in [1.807, 2.05) is 6.92 Å². The lowest BCUT2D eigenvalue weighted by molar-refractivity contribution is 0.270. The number of fused-ring (bicyclic) bond motifs is 1. The fraction of sp³-hybridized carbons (Fsp3) is 0.583. The van der Waals surface area contributed by atoms with Crippen LogP contribution in [0.5, 0.6) is 0 Å². The number of piperazine rings is 1. The topological polar surface area (TPSA) is 60.9 Å². The van der Waals surface area contributed by atoms with Crippen molar-refractivity contribution in [3.8, 4) is 0 Å². The molecule has 0 radical (unpaired) electrons. The Morgan fingerprint density at radius 1 is 1.17 bits per heavy atom. The largest absolute Gasteiger partial charge is 0.352 e. The normalized spacial score (nSPS) is 17.6. The molecule has 0 aliphatic carbocycles. The summed E-state index contributed by atoms with van der Waals surface area (Å²) in [5, 5.41) is 7.31. The number of aryl methyl sites for hydroxylation is 1. The van der Waals surface area contributed by atoms with Crippen molar-refractivity contribution in [3.63, 3.8) is 0 Å². The molecule has 0 bridgehead atoms. The van der Waals surface area contributed by atoms with Crippen molar-refractivity contribution in [2.75, 3.05) is 37.6 Å². The molecule has 6 heteroatoms. The zero-order valence-corrected chi connectivity index (χ0v) is 10.8. The maximum Gasteiger partial charge on any atom is 0.160 e. The highest BCUT2D eigenvalue weighted by Gasteiger charge is 2.20. The van der Waals surface area contributed by atoms with Crippen molar-refractivity contribution in [1.29, 1.82) is 0 Å². The van der Waals surface area contributed by atoms with Crippen LogP contribution in [0.2, 0.25) is 0 Å². The first-order chi connectivity index (χ1) is 8.79. The lowest BCUT2D eigenvalue weighted by atomic mass is 10.3. The first kappa shape index (κ1) is 11.4. The summed E-state index contributed by atoms with van der Waals surface area (Å²) in [6.07, 6.45) is 1.63. The monoisotopic (exact) mass is 246 g/mol. The summed E-state index contributed by atoms with van der Waals surface area (Å²) in [6, 6.07) is 0. The SMILES string of the molecule is CCN1CCN(c2ncnc3c(C)[nH]nc23)CC1. The van der Waals surface area contributed by atoms with E-state index in [9.17, 15) is 0 Å². The van der Waals surface area contributed by atoms with Gasteiger partial charge in [0.2, 0.25) is 0 Å². The fourth-order valence-corrected chi connectivity index (χ4v) is 2.45. The summed E-state index contributed by atoms with van der Waals surface area (Å²) in [4.78, 5) is 13.4. The smallest absolute Gasteiger partial charge is 0.160 e. The molecular weight excluding hydrogens is 228 g/mol. The molecule has 18 heavy (non-hydrogen) atoms. The van der Waals surface area contributed by atoms with E-state index in [4.69, 9.17) is 0 Å². The Balaban J connectivity index is 1.91. The molecule has 1 aliphatic heterocycles. The summed E-state index contributed by atoms with van der Waals surface area (Å²) in [5.74, 6) is 0.958. The molecule has 0 aromatic carbocycles. The van der Waals surface area contributed by atoms with Gasteiger partial charge in [-0.25, -0.2) is 9.97 Å². The van der Waals surface area contributed by atoms with Crippen molar-refractivity contribution < 1.29 is 0 Å². The zero-order valence-electron chi connectivity index (χ0n) is 10.8. The Morgan fingerprint density at radius 3 is 2.67 bits per heavy atom. The number of likely N-dealkylation sites (N-methyl/N-ethyl adjacent to an activating group) is 1. The standard InChI is InChI=1S/C12H18N6/c1-3-17-4-6-18(7-5-17)12-11-10(13-8-14-12)9(2)15-16-11/h8H,3-7H2,1-2H3,(H,15,16). The minimum absolute atomic E-state index is 0.889. The number of aromatic amines is 1. The Labute approximate surface area is 106 Å². The predicted molar refractivity (Wildman–Crippen MR) is 70.7 cm³/mol. The zero-order chi connectivity index (χ0) is 12.5. The van der Waals surface area contributed by atoms with Gasteiger partial charge in [-0.3, -0.25) is 5.10 Å². The molecule has 6 nitrogen and oxygen atoms in total. The van der Waals surface area contributed by atoms with Gasteiger partial charge in [0.1, 0.15) is 11.8 Å². The van der Waals surface area contributed by atoms with E-state index in [1.54, 1.807) is 6.33 Å². The highest BCUT2D eigenvalue weighted by molar-refractivity contribution is 5.86. The summed E-state index contributed by atoms with van der Waals surface area (Å²) in [7, 11) is 0. The maximum absolute atomic E-state index is 4.41. The number of nitrogens with zero attached hydrogens (tertiary/aromatic N) is 5. The summed E-state index contributed by atoms with van der Waals surface area (Å²) in [5.41, 5.74) is 2.82. The molecule has 96 valence electrons. The van der Waals surface area contributed by atoms with E-state index in [0.717, 1.165) is 55.3 Å². The Bertz CT molecular complexity index is 540. The maximum atomic E-state index is 4.41. The molecule has 0 spiro atoms. The number of hydrogen-bond acceptors (Lipinski definition) is 5. The van der Waals surface area contributed by atoms with Crippen molar-refractivity contribution >= 4 is 16.9 Å². The molecule has 2 aromatic rings. The molecule has 0 atom stereocenters. The summed E-state index contributed by atoms with van der Waals surface area (Å²) in [6.45, 7) is 9.50. The number of anilines is 1. The van der Waals surface area contributed by atoms with Gasteiger partial charge in [0.25, 0.3) is 0 Å². The number of aromatic nitrogens is 4. The van der Waals surface area contributed by atoms with Gasteiger partial charge in [-0.05, 0) is 13.5 Å². The molecular formula is C12H18N6. The summed E-state index contributed by atoms with van der Waals surface area (Å²) < 4.78 is 0. The second-order valence-corrected chi connectivity index (χ2v) is 4.66. The average Bonchev–Trinajstić information content (AvgIpc) is 2.81. The van der Waals surface area contributed by atoms with E-state index < -0.39 is 0 Å². The molecule has 3 heterocycles. The third-order valence-corrected chi connectivity index (χ3v) is 3.61. The van der Waals surface area contributed by atoms with Crippen LogP contribution < -0.4 is 4.90 Å². The first-order valence-corrected chi connectivity index (χ1v) is 6.42. The minimum atomic E-state index is 0.889. The third-order valence-electron chi connectivity index (χ3n) is 3.61. The van der Waals surface area contributed by atoms with Crippen molar-refractivity contribution in [1.82, 2.24) is 25.1 Å². The van der Waals surface area contributed by atoms with Gasteiger partial charge in [-0.1, -0.05) is 6.92 Å². The number of nitrogens with one attached hydrogen (secondary N) is 1. The number of hydrogen-bond donors (Lipinski definition) is 1. The molecule has 2 aromatic heterocycles. The molecule has 1 aliphatic rings. The minimum Gasteiger partial charge on any atom is -0.352 e. The van der Waals surface area contributed by atoms with Crippen molar-refractivity contribution in [2.24, 2.45) is 0 Å². The van der Waals surface area contributed by atoms with E-state index in [1.165, 1.54) is 0 Å². The lowest BCUT2D eigenvalue weighted by Gasteiger charge is -2.34. The van der Waals surface area contributed by atoms with Gasteiger partial charge in [0, 0.05) is 26.2 Å². The van der Waals surface area contributed by atoms with Gasteiger partial charge in [0.05, 0.1) is 5.69 Å². The molecule has 3 rings (SSSR count). The van der Waals surface area contributed by atoms with E-state index in [-0.39, 0.29) is 0 Å². The predicted octanol–water partition coefficient (Wildman–Crippen LogP) is 0.803. The van der Waals surface area contributed by atoms with Crippen molar-refractivity contribution in [3.05, 3.63) is 12.0 Å². The van der Waals surface area contributed by atoms with Gasteiger partial charge >= 0.3 is 0 Å². The van der Waals surface area contributed by atoms with Crippen LogP contribution in [0.1, 0.15) is 12.6 Å². The van der Waals surface area contributed by atoms with Crippen LogP contribution in [0.3, 0.4) is 0 Å².